The molecule has 2 aromatic rings. The van der Waals surface area contributed by atoms with Crippen molar-refractivity contribution >= 4 is 17.3 Å². The van der Waals surface area contributed by atoms with Crippen LogP contribution in [0, 0.1) is 13.8 Å². The third kappa shape index (κ3) is 3.34. The highest BCUT2D eigenvalue weighted by Crippen LogP contribution is 2.43. The fourth-order valence-electron chi connectivity index (χ4n) is 5.26. The van der Waals surface area contributed by atoms with E-state index in [1.165, 1.54) is 49.1 Å². The predicted molar refractivity (Wildman–Crippen MR) is 118 cm³/mol. The first kappa shape index (κ1) is 19.4. The third-order valence-electron chi connectivity index (χ3n) is 6.47. The molecule has 2 fully saturated rings. The summed E-state index contributed by atoms with van der Waals surface area (Å²) in [5, 5.41) is 4.40. The van der Waals surface area contributed by atoms with Crippen LogP contribution in [0.3, 0.4) is 0 Å². The van der Waals surface area contributed by atoms with Crippen LogP contribution in [-0.4, -0.2) is 25.6 Å². The van der Waals surface area contributed by atoms with Crippen LogP contribution >= 0.6 is 12.2 Å². The van der Waals surface area contributed by atoms with E-state index in [4.69, 9.17) is 12.2 Å². The van der Waals surface area contributed by atoms with E-state index < -0.39 is 0 Å². The first-order valence-electron chi connectivity index (χ1n) is 10.7. The van der Waals surface area contributed by atoms with Gasteiger partial charge in [-0.1, -0.05) is 25.3 Å². The van der Waals surface area contributed by atoms with Crippen LogP contribution < -0.4 is 5.32 Å². The zero-order valence-corrected chi connectivity index (χ0v) is 18.3. The Morgan fingerprint density at radius 1 is 1.14 bits per heavy atom. The standard InChI is InChI=1S/C23H32N4S/c1-15(2)26-22(21(25-23(26)28)20-12-8-9-13-24-20)19-14-16(3)27(17(19)4)18-10-6-5-7-11-18/h8-9,12-15,18,21-22H,5-7,10-11H2,1-4H3,(H,25,28). The molecule has 3 heterocycles. The van der Waals surface area contributed by atoms with E-state index in [9.17, 15) is 0 Å². The second-order valence-corrected chi connectivity index (χ2v) is 9.00. The molecule has 0 spiro atoms. The summed E-state index contributed by atoms with van der Waals surface area (Å²) in [4.78, 5) is 7.02. The summed E-state index contributed by atoms with van der Waals surface area (Å²) in [7, 11) is 0. The Morgan fingerprint density at radius 3 is 2.54 bits per heavy atom. The summed E-state index contributed by atoms with van der Waals surface area (Å²) in [5.41, 5.74) is 5.22. The molecule has 2 aromatic heterocycles. The quantitative estimate of drug-likeness (QED) is 0.703. The van der Waals surface area contributed by atoms with Crippen molar-refractivity contribution in [3.63, 3.8) is 0 Å². The Balaban J connectivity index is 1.78. The van der Waals surface area contributed by atoms with Crippen molar-refractivity contribution in [2.75, 3.05) is 0 Å². The molecule has 28 heavy (non-hydrogen) atoms. The summed E-state index contributed by atoms with van der Waals surface area (Å²) < 4.78 is 2.60. The highest BCUT2D eigenvalue weighted by Gasteiger charge is 2.42. The minimum atomic E-state index is 0.0800. The van der Waals surface area contributed by atoms with Crippen molar-refractivity contribution in [3.05, 3.63) is 53.1 Å². The van der Waals surface area contributed by atoms with Crippen molar-refractivity contribution in [1.82, 2.24) is 19.8 Å². The summed E-state index contributed by atoms with van der Waals surface area (Å²) in [5.74, 6) is 0. The van der Waals surface area contributed by atoms with Crippen molar-refractivity contribution in [2.24, 2.45) is 0 Å². The lowest BCUT2D eigenvalue weighted by Gasteiger charge is -2.32. The topological polar surface area (TPSA) is 33.1 Å². The Kier molecular flexibility index (Phi) is 5.46. The summed E-state index contributed by atoms with van der Waals surface area (Å²) in [6, 6.07) is 9.77. The molecule has 4 rings (SSSR count). The molecular formula is C23H32N4S. The summed E-state index contributed by atoms with van der Waals surface area (Å²) in [6.07, 6.45) is 8.55. The number of nitrogens with one attached hydrogen (secondary N) is 1. The van der Waals surface area contributed by atoms with E-state index in [-0.39, 0.29) is 12.1 Å². The van der Waals surface area contributed by atoms with E-state index in [0.717, 1.165) is 10.8 Å². The Hall–Kier alpha value is -1.88. The molecule has 5 heteroatoms. The highest BCUT2D eigenvalue weighted by atomic mass is 32.1. The minimum Gasteiger partial charge on any atom is -0.352 e. The van der Waals surface area contributed by atoms with E-state index in [1.54, 1.807) is 0 Å². The first-order valence-corrected chi connectivity index (χ1v) is 11.1. The molecule has 1 aliphatic carbocycles. The molecule has 4 nitrogen and oxygen atoms in total. The first-order chi connectivity index (χ1) is 13.5. The van der Waals surface area contributed by atoms with E-state index in [1.807, 2.05) is 12.3 Å². The van der Waals surface area contributed by atoms with Crippen molar-refractivity contribution < 1.29 is 0 Å². The molecule has 1 saturated carbocycles. The van der Waals surface area contributed by atoms with Crippen LogP contribution in [-0.2, 0) is 0 Å². The smallest absolute Gasteiger partial charge is 0.170 e. The lowest BCUT2D eigenvalue weighted by atomic mass is 9.94. The van der Waals surface area contributed by atoms with Gasteiger partial charge in [0.15, 0.2) is 5.11 Å². The third-order valence-corrected chi connectivity index (χ3v) is 6.80. The zero-order valence-electron chi connectivity index (χ0n) is 17.5. The van der Waals surface area contributed by atoms with Crippen LogP contribution in [0.4, 0.5) is 0 Å². The monoisotopic (exact) mass is 396 g/mol. The van der Waals surface area contributed by atoms with E-state index in [0.29, 0.717) is 12.1 Å². The predicted octanol–water partition coefficient (Wildman–Crippen LogP) is 5.39. The largest absolute Gasteiger partial charge is 0.352 e. The van der Waals surface area contributed by atoms with Gasteiger partial charge in [-0.2, -0.15) is 0 Å². The molecule has 1 saturated heterocycles. The number of thiocarbonyl (C=S) groups is 1. The maximum Gasteiger partial charge on any atom is 0.170 e. The number of nitrogens with zero attached hydrogens (tertiary/aromatic N) is 3. The van der Waals surface area contributed by atoms with Crippen LogP contribution in [0.15, 0.2) is 30.5 Å². The van der Waals surface area contributed by atoms with Crippen molar-refractivity contribution in [3.8, 4) is 0 Å². The fourth-order valence-corrected chi connectivity index (χ4v) is 5.71. The van der Waals surface area contributed by atoms with Gasteiger partial charge < -0.3 is 14.8 Å². The molecule has 150 valence electrons. The van der Waals surface area contributed by atoms with Gasteiger partial charge in [-0.25, -0.2) is 0 Å². The zero-order chi connectivity index (χ0) is 19.8. The Labute approximate surface area is 174 Å². The SMILES string of the molecule is Cc1cc(C2C(c3ccccn3)NC(=S)N2C(C)C)c(C)n1C1CCCCC1. The van der Waals surface area contributed by atoms with E-state index >= 15 is 0 Å². The van der Waals surface area contributed by atoms with Crippen LogP contribution in [0.5, 0.6) is 0 Å². The molecule has 0 amide bonds. The van der Waals surface area contributed by atoms with Gasteiger partial charge in [0.25, 0.3) is 0 Å². The number of hydrogen-bond donors (Lipinski definition) is 1. The van der Waals surface area contributed by atoms with E-state index in [2.05, 4.69) is 65.7 Å². The van der Waals surface area contributed by atoms with Gasteiger partial charge in [0.1, 0.15) is 0 Å². The maximum absolute atomic E-state index is 5.76. The minimum absolute atomic E-state index is 0.0800. The van der Waals surface area contributed by atoms with Gasteiger partial charge in [0, 0.05) is 29.7 Å². The number of aromatic nitrogens is 2. The lowest BCUT2D eigenvalue weighted by molar-refractivity contribution is 0.267. The van der Waals surface area contributed by atoms with Gasteiger partial charge in [0.05, 0.1) is 17.8 Å². The molecular weight excluding hydrogens is 364 g/mol. The fraction of sp³-hybridized carbons (Fsp3) is 0.565. The number of aryl methyl sites for hydroxylation is 1. The molecule has 0 aromatic carbocycles. The highest BCUT2D eigenvalue weighted by molar-refractivity contribution is 7.80. The van der Waals surface area contributed by atoms with Crippen molar-refractivity contribution in [1.29, 1.82) is 0 Å². The Morgan fingerprint density at radius 2 is 1.89 bits per heavy atom. The number of rotatable bonds is 4. The molecule has 1 N–H and O–H groups in total. The van der Waals surface area contributed by atoms with Gasteiger partial charge >= 0.3 is 0 Å². The molecule has 1 aliphatic heterocycles. The van der Waals surface area contributed by atoms with Crippen molar-refractivity contribution in [2.45, 2.75) is 84.0 Å². The number of hydrogen-bond acceptors (Lipinski definition) is 2. The molecule has 2 aliphatic rings. The van der Waals surface area contributed by atoms with Gasteiger partial charge in [0.2, 0.25) is 0 Å². The second kappa shape index (κ2) is 7.86. The Bertz CT molecular complexity index is 836. The number of pyridine rings is 1. The van der Waals surface area contributed by atoms with Crippen LogP contribution in [0.1, 0.15) is 86.7 Å². The summed E-state index contributed by atoms with van der Waals surface area (Å²) >= 11 is 5.76. The molecule has 2 unspecified atom stereocenters. The van der Waals surface area contributed by atoms with Gasteiger partial charge in [-0.3, -0.25) is 4.98 Å². The van der Waals surface area contributed by atoms with Crippen LogP contribution in [0.25, 0.3) is 0 Å². The lowest BCUT2D eigenvalue weighted by Crippen LogP contribution is -2.35. The normalized spacial score (nSPS) is 23.5. The average Bonchev–Trinajstić information content (AvgIpc) is 3.19. The maximum atomic E-state index is 5.76. The molecule has 0 bridgehead atoms. The molecule has 0 radical (unpaired) electrons. The van der Waals surface area contributed by atoms with Crippen LogP contribution in [0.2, 0.25) is 0 Å². The van der Waals surface area contributed by atoms with Gasteiger partial charge in [-0.15, -0.1) is 0 Å². The second-order valence-electron chi connectivity index (χ2n) is 8.62. The van der Waals surface area contributed by atoms with Gasteiger partial charge in [-0.05, 0) is 76.5 Å². The molecule has 2 atom stereocenters. The summed E-state index contributed by atoms with van der Waals surface area (Å²) in [6.45, 7) is 9.01. The average molecular weight is 397 g/mol.